The number of carbonyl (C=O) groups is 1. The summed E-state index contributed by atoms with van der Waals surface area (Å²) < 4.78 is 0. The summed E-state index contributed by atoms with van der Waals surface area (Å²) in [7, 11) is 0. The van der Waals surface area contributed by atoms with E-state index in [2.05, 4.69) is 4.98 Å². The van der Waals surface area contributed by atoms with E-state index in [1.165, 1.54) is 6.07 Å². The van der Waals surface area contributed by atoms with Crippen LogP contribution in [-0.4, -0.2) is 16.1 Å². The van der Waals surface area contributed by atoms with E-state index in [0.717, 1.165) is 5.56 Å². The quantitative estimate of drug-likeness (QED) is 0.692. The van der Waals surface area contributed by atoms with Crippen molar-refractivity contribution in [2.75, 3.05) is 5.73 Å². The number of pyridine rings is 1. The van der Waals surface area contributed by atoms with Crippen molar-refractivity contribution in [3.63, 3.8) is 0 Å². The van der Waals surface area contributed by atoms with E-state index in [1.807, 2.05) is 0 Å². The van der Waals surface area contributed by atoms with Crippen molar-refractivity contribution in [3.8, 4) is 0 Å². The highest BCUT2D eigenvalue weighted by Crippen LogP contribution is 2.07. The molecule has 1 rings (SSSR count). The molecule has 0 spiro atoms. The number of nitrogen functional groups attached to an aromatic ring is 1. The Hall–Kier alpha value is -1.29. The van der Waals surface area contributed by atoms with Crippen LogP contribution in [0.2, 0.25) is 0 Å². The van der Waals surface area contributed by atoms with Gasteiger partial charge < -0.3 is 10.8 Å². The Morgan fingerprint density at radius 3 is 2.58 bits per heavy atom. The van der Waals surface area contributed by atoms with E-state index in [1.54, 1.807) is 13.0 Å². The monoisotopic (exact) mass is 188 g/mol. The number of anilines is 1. The number of aromatic carboxylic acids is 1. The van der Waals surface area contributed by atoms with E-state index in [4.69, 9.17) is 10.8 Å². The van der Waals surface area contributed by atoms with Crippen molar-refractivity contribution in [1.29, 1.82) is 0 Å². The molecule has 12 heavy (non-hydrogen) atoms. The summed E-state index contributed by atoms with van der Waals surface area (Å²) in [6.07, 6.45) is 0. The first-order valence-electron chi connectivity index (χ1n) is 3.07. The minimum atomic E-state index is -1.06. The number of carboxylic acid groups (broad SMARTS) is 1. The molecule has 0 amide bonds. The Labute approximate surface area is 75.8 Å². The normalized spacial score (nSPS) is 8.75. The lowest BCUT2D eigenvalue weighted by Gasteiger charge is -1.98. The number of nitrogens with two attached hydrogens (primary N) is 1. The Kier molecular flexibility index (Phi) is 3.50. The van der Waals surface area contributed by atoms with Gasteiger partial charge in [0.25, 0.3) is 0 Å². The number of aromatic nitrogens is 1. The Balaban J connectivity index is 0.00000121. The van der Waals surface area contributed by atoms with Crippen molar-refractivity contribution in [2.45, 2.75) is 6.92 Å². The first-order chi connectivity index (χ1) is 5.11. The van der Waals surface area contributed by atoms with Crippen LogP contribution < -0.4 is 5.73 Å². The molecule has 0 aromatic carbocycles. The summed E-state index contributed by atoms with van der Waals surface area (Å²) in [6.45, 7) is 1.77. The number of nitrogens with zero attached hydrogens (tertiary/aromatic N) is 1. The molecular weight excluding hydrogens is 180 g/mol. The van der Waals surface area contributed by atoms with Crippen LogP contribution in [-0.2, 0) is 0 Å². The van der Waals surface area contributed by atoms with Gasteiger partial charge in [-0.25, -0.2) is 9.78 Å². The molecule has 66 valence electrons. The number of hydrogen-bond donors (Lipinski definition) is 2. The van der Waals surface area contributed by atoms with Gasteiger partial charge in [-0.1, -0.05) is 6.07 Å². The standard InChI is InChI=1S/C7H8N2O2.ClH/c1-4-2-3-5(7(10)11)9-6(4)8;/h2-3H,1H3,(H2,8,9)(H,10,11);1H. The fraction of sp³-hybridized carbons (Fsp3) is 0.143. The molecular formula is C7H9ClN2O2. The summed E-state index contributed by atoms with van der Waals surface area (Å²) in [5, 5.41) is 8.48. The molecule has 0 aliphatic heterocycles. The fourth-order valence-electron chi connectivity index (χ4n) is 0.664. The third-order valence-electron chi connectivity index (χ3n) is 1.36. The minimum absolute atomic E-state index is 0. The fourth-order valence-corrected chi connectivity index (χ4v) is 0.664. The van der Waals surface area contributed by atoms with E-state index >= 15 is 0 Å². The molecule has 0 saturated carbocycles. The summed E-state index contributed by atoms with van der Waals surface area (Å²) in [6, 6.07) is 3.06. The first kappa shape index (κ1) is 10.7. The first-order valence-corrected chi connectivity index (χ1v) is 3.07. The number of aryl methyl sites for hydroxylation is 1. The Morgan fingerprint density at radius 1 is 1.58 bits per heavy atom. The van der Waals surface area contributed by atoms with Crippen molar-refractivity contribution >= 4 is 24.2 Å². The molecule has 5 heteroatoms. The zero-order valence-electron chi connectivity index (χ0n) is 6.44. The van der Waals surface area contributed by atoms with E-state index < -0.39 is 5.97 Å². The molecule has 0 aliphatic carbocycles. The Morgan fingerprint density at radius 2 is 2.17 bits per heavy atom. The van der Waals surface area contributed by atoms with Crippen LogP contribution in [0.25, 0.3) is 0 Å². The van der Waals surface area contributed by atoms with Crippen molar-refractivity contribution in [1.82, 2.24) is 4.98 Å². The van der Waals surface area contributed by atoms with Gasteiger partial charge in [0, 0.05) is 0 Å². The molecule has 0 unspecified atom stereocenters. The molecule has 1 heterocycles. The highest BCUT2D eigenvalue weighted by Gasteiger charge is 2.04. The topological polar surface area (TPSA) is 76.2 Å². The number of hydrogen-bond acceptors (Lipinski definition) is 3. The minimum Gasteiger partial charge on any atom is -0.477 e. The SMILES string of the molecule is Cc1ccc(C(=O)O)nc1N.Cl. The molecule has 1 aromatic heterocycles. The second-order valence-electron chi connectivity index (χ2n) is 2.20. The van der Waals surface area contributed by atoms with E-state index in [0.29, 0.717) is 0 Å². The summed E-state index contributed by atoms with van der Waals surface area (Å²) in [4.78, 5) is 14.0. The van der Waals surface area contributed by atoms with Crippen LogP contribution in [0.5, 0.6) is 0 Å². The average Bonchev–Trinajstić information content (AvgIpc) is 1.94. The van der Waals surface area contributed by atoms with Crippen LogP contribution in [0, 0.1) is 6.92 Å². The number of carboxylic acids is 1. The van der Waals surface area contributed by atoms with Crippen LogP contribution in [0.1, 0.15) is 16.1 Å². The third kappa shape index (κ3) is 2.10. The third-order valence-corrected chi connectivity index (χ3v) is 1.36. The second kappa shape index (κ2) is 3.92. The van der Waals surface area contributed by atoms with Gasteiger partial charge in [0.05, 0.1) is 0 Å². The molecule has 0 aliphatic rings. The zero-order chi connectivity index (χ0) is 8.43. The van der Waals surface area contributed by atoms with Gasteiger partial charge in [-0.15, -0.1) is 12.4 Å². The molecule has 0 bridgehead atoms. The summed E-state index contributed by atoms with van der Waals surface area (Å²) in [5.41, 5.74) is 6.15. The second-order valence-corrected chi connectivity index (χ2v) is 2.20. The molecule has 4 nitrogen and oxygen atoms in total. The van der Waals surface area contributed by atoms with Gasteiger partial charge >= 0.3 is 5.97 Å². The van der Waals surface area contributed by atoms with Gasteiger partial charge in [-0.3, -0.25) is 0 Å². The van der Waals surface area contributed by atoms with Crippen LogP contribution in [0.4, 0.5) is 5.82 Å². The molecule has 1 aromatic rings. The van der Waals surface area contributed by atoms with Crippen molar-refractivity contribution in [2.24, 2.45) is 0 Å². The number of halogens is 1. The molecule has 0 fully saturated rings. The average molecular weight is 189 g/mol. The summed E-state index contributed by atoms with van der Waals surface area (Å²) >= 11 is 0. The maximum absolute atomic E-state index is 10.3. The van der Waals surface area contributed by atoms with Gasteiger partial charge in [0.2, 0.25) is 0 Å². The predicted molar refractivity (Wildman–Crippen MR) is 47.6 cm³/mol. The van der Waals surface area contributed by atoms with E-state index in [-0.39, 0.29) is 23.9 Å². The van der Waals surface area contributed by atoms with Gasteiger partial charge in [-0.05, 0) is 18.6 Å². The zero-order valence-corrected chi connectivity index (χ0v) is 7.26. The van der Waals surface area contributed by atoms with Crippen LogP contribution in [0.15, 0.2) is 12.1 Å². The molecule has 3 N–H and O–H groups in total. The van der Waals surface area contributed by atoms with Crippen LogP contribution in [0.3, 0.4) is 0 Å². The highest BCUT2D eigenvalue weighted by atomic mass is 35.5. The predicted octanol–water partition coefficient (Wildman–Crippen LogP) is 1.09. The smallest absolute Gasteiger partial charge is 0.354 e. The lowest BCUT2D eigenvalue weighted by atomic mass is 10.2. The number of rotatable bonds is 1. The van der Waals surface area contributed by atoms with Gasteiger partial charge in [-0.2, -0.15) is 0 Å². The van der Waals surface area contributed by atoms with E-state index in [9.17, 15) is 4.79 Å². The lowest BCUT2D eigenvalue weighted by molar-refractivity contribution is 0.0690. The summed E-state index contributed by atoms with van der Waals surface area (Å²) in [5.74, 6) is -0.790. The van der Waals surface area contributed by atoms with Crippen molar-refractivity contribution < 1.29 is 9.90 Å². The van der Waals surface area contributed by atoms with Crippen LogP contribution >= 0.6 is 12.4 Å². The largest absolute Gasteiger partial charge is 0.477 e. The maximum Gasteiger partial charge on any atom is 0.354 e. The van der Waals surface area contributed by atoms with Gasteiger partial charge in [0.15, 0.2) is 5.69 Å². The van der Waals surface area contributed by atoms with Gasteiger partial charge in [0.1, 0.15) is 5.82 Å². The molecule has 0 atom stereocenters. The lowest BCUT2D eigenvalue weighted by Crippen LogP contribution is -2.03. The molecule has 0 saturated heterocycles. The molecule has 0 radical (unpaired) electrons. The maximum atomic E-state index is 10.3. The van der Waals surface area contributed by atoms with Crippen molar-refractivity contribution in [3.05, 3.63) is 23.4 Å². The highest BCUT2D eigenvalue weighted by molar-refractivity contribution is 5.86. The Bertz CT molecular complexity index is 301.